The molecule has 3 aromatic rings. The van der Waals surface area contributed by atoms with E-state index in [-0.39, 0.29) is 5.92 Å². The standard InChI is InChI=1S/C22H19NO/c24-23-17-16-21(18-10-4-1-5-11-18)22(23,19-12-6-2-7-13-19)20-14-8-3-9-15-20/h1-15,17,21H,16H2. The summed E-state index contributed by atoms with van der Waals surface area (Å²) in [5, 5.41) is 13.1. The van der Waals surface area contributed by atoms with E-state index in [1.54, 1.807) is 6.21 Å². The van der Waals surface area contributed by atoms with Crippen LogP contribution in [0.25, 0.3) is 0 Å². The molecule has 2 nitrogen and oxygen atoms in total. The predicted molar refractivity (Wildman–Crippen MR) is 97.2 cm³/mol. The molecule has 1 aliphatic heterocycles. The lowest BCUT2D eigenvalue weighted by Crippen LogP contribution is -2.39. The minimum atomic E-state index is -0.718. The highest BCUT2D eigenvalue weighted by atomic mass is 16.5. The first-order chi connectivity index (χ1) is 11.8. The van der Waals surface area contributed by atoms with Gasteiger partial charge in [0, 0.05) is 17.5 Å². The summed E-state index contributed by atoms with van der Waals surface area (Å²) in [6.45, 7) is 0. The normalized spacial score (nSPS) is 19.0. The lowest BCUT2D eigenvalue weighted by molar-refractivity contribution is -0.536. The van der Waals surface area contributed by atoms with Crippen molar-refractivity contribution in [2.75, 3.05) is 0 Å². The van der Waals surface area contributed by atoms with E-state index in [1.807, 2.05) is 54.6 Å². The van der Waals surface area contributed by atoms with Crippen LogP contribution >= 0.6 is 0 Å². The van der Waals surface area contributed by atoms with E-state index in [9.17, 15) is 5.21 Å². The van der Waals surface area contributed by atoms with Crippen LogP contribution in [0.2, 0.25) is 0 Å². The predicted octanol–water partition coefficient (Wildman–Crippen LogP) is 4.70. The van der Waals surface area contributed by atoms with Crippen LogP contribution in [0, 0.1) is 5.21 Å². The molecule has 0 fully saturated rings. The van der Waals surface area contributed by atoms with Crippen molar-refractivity contribution >= 4 is 6.21 Å². The molecule has 2 heteroatoms. The van der Waals surface area contributed by atoms with Crippen LogP contribution in [0.3, 0.4) is 0 Å². The Morgan fingerprint density at radius 3 is 1.67 bits per heavy atom. The number of hydroxylamine groups is 1. The summed E-state index contributed by atoms with van der Waals surface area (Å²) >= 11 is 0. The van der Waals surface area contributed by atoms with Crippen molar-refractivity contribution in [2.24, 2.45) is 0 Å². The Kier molecular flexibility index (Phi) is 3.66. The Morgan fingerprint density at radius 2 is 1.17 bits per heavy atom. The van der Waals surface area contributed by atoms with Crippen molar-refractivity contribution < 1.29 is 4.74 Å². The Balaban J connectivity index is 1.99. The monoisotopic (exact) mass is 313 g/mol. The molecule has 0 spiro atoms. The van der Waals surface area contributed by atoms with E-state index in [0.717, 1.165) is 22.3 Å². The van der Waals surface area contributed by atoms with Crippen LogP contribution in [0.15, 0.2) is 91.0 Å². The first-order valence-electron chi connectivity index (χ1n) is 8.29. The summed E-state index contributed by atoms with van der Waals surface area (Å²) in [5.41, 5.74) is 2.55. The van der Waals surface area contributed by atoms with Gasteiger partial charge in [0.2, 0.25) is 5.54 Å². The summed E-state index contributed by atoms with van der Waals surface area (Å²) in [6.07, 6.45) is 2.52. The van der Waals surface area contributed by atoms with E-state index in [2.05, 4.69) is 36.4 Å². The molecule has 0 radical (unpaired) electrons. The van der Waals surface area contributed by atoms with Crippen LogP contribution in [0.5, 0.6) is 0 Å². The maximum absolute atomic E-state index is 13.1. The SMILES string of the molecule is [O-][N+]1=CCC(c2ccccc2)C1(c1ccccc1)c1ccccc1. The van der Waals surface area contributed by atoms with Gasteiger partial charge in [0.05, 0.1) is 5.92 Å². The Morgan fingerprint density at radius 1 is 0.708 bits per heavy atom. The van der Waals surface area contributed by atoms with Crippen LogP contribution in [0.1, 0.15) is 29.0 Å². The first-order valence-corrected chi connectivity index (χ1v) is 8.29. The topological polar surface area (TPSA) is 26.1 Å². The van der Waals surface area contributed by atoms with Crippen LogP contribution in [0.4, 0.5) is 0 Å². The van der Waals surface area contributed by atoms with E-state index in [4.69, 9.17) is 0 Å². The lowest BCUT2D eigenvalue weighted by atomic mass is 9.71. The zero-order valence-electron chi connectivity index (χ0n) is 13.4. The molecule has 1 aliphatic rings. The molecule has 0 N–H and O–H groups in total. The van der Waals surface area contributed by atoms with Crippen molar-refractivity contribution in [2.45, 2.75) is 17.9 Å². The number of hydrogen-bond donors (Lipinski definition) is 0. The molecule has 1 unspecified atom stereocenters. The molecular weight excluding hydrogens is 294 g/mol. The third-order valence-corrected chi connectivity index (χ3v) is 4.99. The number of nitrogens with zero attached hydrogens (tertiary/aromatic N) is 1. The molecule has 0 aliphatic carbocycles. The van der Waals surface area contributed by atoms with Crippen molar-refractivity contribution in [3.05, 3.63) is 113 Å². The number of rotatable bonds is 3. The molecule has 0 saturated carbocycles. The van der Waals surface area contributed by atoms with E-state index in [0.29, 0.717) is 0 Å². The largest absolute Gasteiger partial charge is 0.623 e. The average Bonchev–Trinajstić information content (AvgIpc) is 3.02. The molecule has 0 amide bonds. The van der Waals surface area contributed by atoms with Gasteiger partial charge in [-0.25, -0.2) is 4.74 Å². The Labute approximate surface area is 142 Å². The highest BCUT2D eigenvalue weighted by Crippen LogP contribution is 2.49. The van der Waals surface area contributed by atoms with Gasteiger partial charge in [0.1, 0.15) is 0 Å². The van der Waals surface area contributed by atoms with Gasteiger partial charge in [-0.3, -0.25) is 0 Å². The molecule has 118 valence electrons. The maximum atomic E-state index is 13.1. The number of hydrogen-bond acceptors (Lipinski definition) is 1. The van der Waals surface area contributed by atoms with Crippen LogP contribution in [-0.4, -0.2) is 11.0 Å². The lowest BCUT2D eigenvalue weighted by Gasteiger charge is -2.34. The average molecular weight is 313 g/mol. The van der Waals surface area contributed by atoms with E-state index in [1.165, 1.54) is 5.56 Å². The van der Waals surface area contributed by atoms with Gasteiger partial charge in [-0.1, -0.05) is 91.0 Å². The minimum Gasteiger partial charge on any atom is -0.623 e. The van der Waals surface area contributed by atoms with Gasteiger partial charge in [-0.05, 0) is 5.56 Å². The summed E-state index contributed by atoms with van der Waals surface area (Å²) in [7, 11) is 0. The molecule has 1 atom stereocenters. The third kappa shape index (κ3) is 2.15. The fraction of sp³-hybridized carbons (Fsp3) is 0.136. The van der Waals surface area contributed by atoms with Gasteiger partial charge in [0.15, 0.2) is 6.21 Å². The Hall–Kier alpha value is -2.87. The molecule has 0 aromatic heterocycles. The second kappa shape index (κ2) is 5.97. The fourth-order valence-electron chi connectivity index (χ4n) is 3.94. The molecular formula is C22H19NO. The van der Waals surface area contributed by atoms with Gasteiger partial charge >= 0.3 is 0 Å². The van der Waals surface area contributed by atoms with Crippen molar-refractivity contribution in [1.82, 2.24) is 0 Å². The third-order valence-electron chi connectivity index (χ3n) is 4.99. The van der Waals surface area contributed by atoms with Crippen LogP contribution in [-0.2, 0) is 5.54 Å². The molecule has 0 bridgehead atoms. The maximum Gasteiger partial charge on any atom is 0.230 e. The smallest absolute Gasteiger partial charge is 0.230 e. The van der Waals surface area contributed by atoms with Gasteiger partial charge in [0.25, 0.3) is 0 Å². The first kappa shape index (κ1) is 14.7. The molecule has 24 heavy (non-hydrogen) atoms. The summed E-state index contributed by atoms with van der Waals surface area (Å²) in [6, 6.07) is 30.6. The second-order valence-corrected chi connectivity index (χ2v) is 6.21. The summed E-state index contributed by atoms with van der Waals surface area (Å²) in [5.74, 6) is 0.0843. The number of benzene rings is 3. The fourth-order valence-corrected chi connectivity index (χ4v) is 3.94. The van der Waals surface area contributed by atoms with Crippen molar-refractivity contribution in [1.29, 1.82) is 0 Å². The van der Waals surface area contributed by atoms with E-state index >= 15 is 0 Å². The van der Waals surface area contributed by atoms with Crippen LogP contribution < -0.4 is 0 Å². The summed E-state index contributed by atoms with van der Waals surface area (Å²) in [4.78, 5) is 0. The molecule has 0 saturated heterocycles. The highest BCUT2D eigenvalue weighted by molar-refractivity contribution is 5.61. The van der Waals surface area contributed by atoms with Gasteiger partial charge < -0.3 is 5.21 Å². The highest BCUT2D eigenvalue weighted by Gasteiger charge is 2.53. The zero-order chi connectivity index (χ0) is 16.4. The second-order valence-electron chi connectivity index (χ2n) is 6.21. The zero-order valence-corrected chi connectivity index (χ0v) is 13.4. The molecule has 3 aromatic carbocycles. The molecule has 4 rings (SSSR count). The van der Waals surface area contributed by atoms with Crippen molar-refractivity contribution in [3.8, 4) is 0 Å². The quantitative estimate of drug-likeness (QED) is 0.508. The molecule has 1 heterocycles. The van der Waals surface area contributed by atoms with Gasteiger partial charge in [-0.2, -0.15) is 0 Å². The van der Waals surface area contributed by atoms with E-state index < -0.39 is 5.54 Å². The van der Waals surface area contributed by atoms with Gasteiger partial charge in [-0.15, -0.1) is 0 Å². The van der Waals surface area contributed by atoms with Crippen molar-refractivity contribution in [3.63, 3.8) is 0 Å². The minimum absolute atomic E-state index is 0.0843. The summed E-state index contributed by atoms with van der Waals surface area (Å²) < 4.78 is 1.16. The Bertz CT molecular complexity index is 801.